The first-order chi connectivity index (χ1) is 32.0. The fourth-order valence-electron chi connectivity index (χ4n) is 8.55. The van der Waals surface area contributed by atoms with Crippen LogP contribution in [0.25, 0.3) is 0 Å². The van der Waals surface area contributed by atoms with E-state index in [0.717, 1.165) is 96.3 Å². The van der Waals surface area contributed by atoms with Gasteiger partial charge < -0.3 is 20.3 Å². The molecule has 0 spiro atoms. The molecular weight excluding hydrogens is 803 g/mol. The van der Waals surface area contributed by atoms with E-state index in [2.05, 4.69) is 74.7 Å². The van der Waals surface area contributed by atoms with Gasteiger partial charge in [-0.1, -0.05) is 236 Å². The van der Waals surface area contributed by atoms with Crippen molar-refractivity contribution in [3.8, 4) is 0 Å². The standard InChI is InChI=1S/C59H109NO5/c1-4-7-10-13-16-19-22-25-28-29-31-34-37-40-43-46-49-52-59(64)65-55(50-47-44-41-38-35-32-27-24-21-18-15-12-9-6-3)53-58(63)60-56(54-61)57(62)51-48-45-42-39-36-33-30-26-23-20-17-14-11-8-5-2/h16,19,25,28,31-32,34-35,55-57,61-62H,4-15,17-18,20-24,26-27,29-30,33,36-54H2,1-3H3,(H,60,63)/b19-16-,28-25-,34-31-,35-32+. The molecule has 0 aliphatic rings. The van der Waals surface area contributed by atoms with Gasteiger partial charge in [0.15, 0.2) is 0 Å². The normalized spacial score (nSPS) is 13.5. The molecule has 65 heavy (non-hydrogen) atoms. The van der Waals surface area contributed by atoms with Crippen molar-refractivity contribution in [3.05, 3.63) is 48.6 Å². The van der Waals surface area contributed by atoms with Gasteiger partial charge >= 0.3 is 5.97 Å². The maximum atomic E-state index is 13.2. The van der Waals surface area contributed by atoms with E-state index in [1.807, 2.05) is 0 Å². The number of ether oxygens (including phenoxy) is 1. The van der Waals surface area contributed by atoms with E-state index in [4.69, 9.17) is 4.74 Å². The van der Waals surface area contributed by atoms with Gasteiger partial charge in [0.1, 0.15) is 6.10 Å². The second-order valence-electron chi connectivity index (χ2n) is 19.3. The van der Waals surface area contributed by atoms with Crippen molar-refractivity contribution < 1.29 is 24.5 Å². The highest BCUT2D eigenvalue weighted by Gasteiger charge is 2.24. The largest absolute Gasteiger partial charge is 0.462 e. The number of esters is 1. The van der Waals surface area contributed by atoms with E-state index < -0.39 is 18.2 Å². The highest BCUT2D eigenvalue weighted by atomic mass is 16.5. The van der Waals surface area contributed by atoms with Crippen LogP contribution in [-0.2, 0) is 14.3 Å². The number of hydrogen-bond acceptors (Lipinski definition) is 5. The number of aliphatic hydroxyl groups is 2. The Hall–Kier alpha value is -2.18. The second-order valence-corrected chi connectivity index (χ2v) is 19.3. The Morgan fingerprint density at radius 2 is 0.785 bits per heavy atom. The molecule has 0 aromatic rings. The van der Waals surface area contributed by atoms with Crippen molar-refractivity contribution in [1.29, 1.82) is 0 Å². The number of aliphatic hydroxyl groups excluding tert-OH is 2. The number of amides is 1. The molecule has 0 saturated heterocycles. The highest BCUT2D eigenvalue weighted by Crippen LogP contribution is 2.18. The lowest BCUT2D eigenvalue weighted by Gasteiger charge is -2.24. The molecule has 3 unspecified atom stereocenters. The molecule has 3 atom stereocenters. The van der Waals surface area contributed by atoms with Gasteiger partial charge in [0, 0.05) is 6.42 Å². The predicted octanol–water partition coefficient (Wildman–Crippen LogP) is 17.4. The molecule has 1 amide bonds. The van der Waals surface area contributed by atoms with Gasteiger partial charge in [-0.15, -0.1) is 0 Å². The summed E-state index contributed by atoms with van der Waals surface area (Å²) in [5.74, 6) is -0.505. The lowest BCUT2D eigenvalue weighted by molar-refractivity contribution is -0.151. The van der Waals surface area contributed by atoms with E-state index in [0.29, 0.717) is 19.3 Å². The van der Waals surface area contributed by atoms with Gasteiger partial charge in [-0.2, -0.15) is 0 Å². The van der Waals surface area contributed by atoms with Crippen LogP contribution >= 0.6 is 0 Å². The molecule has 0 saturated carbocycles. The van der Waals surface area contributed by atoms with Gasteiger partial charge in [-0.25, -0.2) is 0 Å². The van der Waals surface area contributed by atoms with E-state index in [9.17, 15) is 19.8 Å². The summed E-state index contributed by atoms with van der Waals surface area (Å²) in [5.41, 5.74) is 0. The minimum atomic E-state index is -0.796. The number of hydrogen-bond donors (Lipinski definition) is 3. The van der Waals surface area contributed by atoms with Gasteiger partial charge in [-0.05, 0) is 89.9 Å². The Bertz CT molecular complexity index is 1110. The summed E-state index contributed by atoms with van der Waals surface area (Å²) < 4.78 is 5.94. The van der Waals surface area contributed by atoms with Crippen molar-refractivity contribution >= 4 is 11.9 Å². The van der Waals surface area contributed by atoms with E-state index in [1.54, 1.807) is 0 Å². The molecule has 0 radical (unpaired) electrons. The first-order valence-corrected chi connectivity index (χ1v) is 28.4. The third-order valence-electron chi connectivity index (χ3n) is 12.9. The summed E-state index contributed by atoms with van der Waals surface area (Å²) in [6.45, 7) is 6.47. The molecular formula is C59H109NO5. The average molecular weight is 913 g/mol. The molecule has 0 bridgehead atoms. The molecule has 0 rings (SSSR count). The summed E-state index contributed by atoms with van der Waals surface area (Å²) in [5, 5.41) is 23.9. The Labute approximate surface area is 404 Å². The van der Waals surface area contributed by atoms with E-state index in [1.165, 1.54) is 148 Å². The van der Waals surface area contributed by atoms with Crippen molar-refractivity contribution in [2.45, 2.75) is 309 Å². The van der Waals surface area contributed by atoms with Gasteiger partial charge in [0.05, 0.1) is 25.2 Å². The van der Waals surface area contributed by atoms with Crippen molar-refractivity contribution in [2.75, 3.05) is 6.61 Å². The monoisotopic (exact) mass is 912 g/mol. The van der Waals surface area contributed by atoms with Crippen molar-refractivity contribution in [1.82, 2.24) is 5.32 Å². The lowest BCUT2D eigenvalue weighted by atomic mass is 10.0. The number of carbonyl (C=O) groups excluding carboxylic acids is 2. The third-order valence-corrected chi connectivity index (χ3v) is 12.9. The zero-order valence-corrected chi connectivity index (χ0v) is 43.4. The summed E-state index contributed by atoms with van der Waals surface area (Å²) in [6, 6.07) is -0.711. The molecule has 0 aliphatic carbocycles. The van der Waals surface area contributed by atoms with Crippen molar-refractivity contribution in [3.63, 3.8) is 0 Å². The van der Waals surface area contributed by atoms with Crippen LogP contribution in [0.3, 0.4) is 0 Å². The van der Waals surface area contributed by atoms with E-state index in [-0.39, 0.29) is 24.9 Å². The minimum absolute atomic E-state index is 0.0591. The molecule has 0 aromatic heterocycles. The summed E-state index contributed by atoms with van der Waals surface area (Å²) in [4.78, 5) is 26.2. The molecule has 3 N–H and O–H groups in total. The Morgan fingerprint density at radius 1 is 0.446 bits per heavy atom. The number of rotatable bonds is 51. The fourth-order valence-corrected chi connectivity index (χ4v) is 8.55. The molecule has 0 fully saturated rings. The molecule has 380 valence electrons. The predicted molar refractivity (Wildman–Crippen MR) is 282 cm³/mol. The minimum Gasteiger partial charge on any atom is -0.462 e. The van der Waals surface area contributed by atoms with Gasteiger partial charge in [-0.3, -0.25) is 9.59 Å². The fraction of sp³-hybridized carbons (Fsp3) is 0.831. The Balaban J connectivity index is 4.60. The van der Waals surface area contributed by atoms with E-state index >= 15 is 0 Å². The topological polar surface area (TPSA) is 95.9 Å². The summed E-state index contributed by atoms with van der Waals surface area (Å²) in [7, 11) is 0. The van der Waals surface area contributed by atoms with Crippen LogP contribution in [-0.4, -0.2) is 46.9 Å². The second kappa shape index (κ2) is 52.8. The smallest absolute Gasteiger partial charge is 0.306 e. The maximum absolute atomic E-state index is 13.2. The van der Waals surface area contributed by atoms with Crippen LogP contribution < -0.4 is 5.32 Å². The van der Waals surface area contributed by atoms with Crippen LogP contribution in [0.5, 0.6) is 0 Å². The molecule has 0 aliphatic heterocycles. The molecule has 0 aromatic carbocycles. The molecule has 6 nitrogen and oxygen atoms in total. The van der Waals surface area contributed by atoms with Crippen LogP contribution in [0.2, 0.25) is 0 Å². The third kappa shape index (κ3) is 48.1. The van der Waals surface area contributed by atoms with Gasteiger partial charge in [0.25, 0.3) is 0 Å². The quantitative estimate of drug-likeness (QED) is 0.0321. The number of allylic oxidation sites excluding steroid dienone is 8. The molecule has 6 heteroatoms. The average Bonchev–Trinajstić information content (AvgIpc) is 3.30. The number of unbranched alkanes of at least 4 members (excludes halogenated alkanes) is 31. The zero-order valence-electron chi connectivity index (χ0n) is 43.4. The zero-order chi connectivity index (χ0) is 47.4. The van der Waals surface area contributed by atoms with Crippen molar-refractivity contribution in [2.24, 2.45) is 0 Å². The first kappa shape index (κ1) is 62.8. The summed E-state index contributed by atoms with van der Waals surface area (Å²) in [6.07, 6.45) is 64.6. The first-order valence-electron chi connectivity index (χ1n) is 28.4. The highest BCUT2D eigenvalue weighted by molar-refractivity contribution is 5.77. The SMILES string of the molecule is CCCCC/C=C\C/C=C\C/C=C\CCCCCCC(=O)OC(CCCCC/C=C/CCCCCCCCC)CC(=O)NC(CO)C(O)CCCCCCCCCCCCCCCCC. The number of nitrogens with one attached hydrogen (secondary N) is 1. The lowest BCUT2D eigenvalue weighted by Crippen LogP contribution is -2.46. The van der Waals surface area contributed by atoms with Crippen LogP contribution in [0.15, 0.2) is 48.6 Å². The maximum Gasteiger partial charge on any atom is 0.306 e. The van der Waals surface area contributed by atoms with Gasteiger partial charge in [0.2, 0.25) is 5.91 Å². The summed E-state index contributed by atoms with van der Waals surface area (Å²) >= 11 is 0. The molecule has 0 heterocycles. The van der Waals surface area contributed by atoms with Crippen LogP contribution in [0.1, 0.15) is 290 Å². The number of carbonyl (C=O) groups is 2. The Morgan fingerprint density at radius 3 is 1.25 bits per heavy atom. The van der Waals surface area contributed by atoms with Crippen LogP contribution in [0, 0.1) is 0 Å². The Kier molecular flexibility index (Phi) is 51.0. The van der Waals surface area contributed by atoms with Crippen LogP contribution in [0.4, 0.5) is 0 Å².